The molecule has 626 valence electrons. The molecule has 0 N–H and O–H groups in total. The molecule has 16 aromatic rings. The van der Waals surface area contributed by atoms with Gasteiger partial charge in [-0.2, -0.15) is 0 Å². The van der Waals surface area contributed by atoms with Gasteiger partial charge >= 0.3 is 0 Å². The fourth-order valence-electron chi connectivity index (χ4n) is 22.3. The summed E-state index contributed by atoms with van der Waals surface area (Å²) in [6, 6.07) is 78.6. The van der Waals surface area contributed by atoms with Crippen LogP contribution in [0.5, 0.6) is 0 Å². The summed E-state index contributed by atoms with van der Waals surface area (Å²) in [5.41, 5.74) is 30.6. The zero-order valence-electron chi connectivity index (χ0n) is 76.8. The molecule has 6 heteroatoms. The second kappa shape index (κ2) is 32.9. The van der Waals surface area contributed by atoms with E-state index >= 15 is 0 Å². The monoisotopic (exact) mass is 1640 g/mol. The Hall–Kier alpha value is -10.4. The number of aromatic nitrogens is 4. The van der Waals surface area contributed by atoms with Crippen molar-refractivity contribution in [1.82, 2.24) is 0 Å². The zero-order chi connectivity index (χ0) is 85.8. The van der Waals surface area contributed by atoms with Gasteiger partial charge in [-0.3, -0.25) is 0 Å². The Bertz CT molecular complexity index is 6540. The van der Waals surface area contributed by atoms with E-state index in [1.165, 1.54) is 278 Å². The van der Waals surface area contributed by atoms with Gasteiger partial charge in [0, 0.05) is 39.8 Å². The maximum atomic E-state index is 5.69. The average Bonchev–Trinajstić information content (AvgIpc) is 1.57. The highest BCUT2D eigenvalue weighted by Gasteiger charge is 2.38. The van der Waals surface area contributed by atoms with E-state index in [0.717, 1.165) is 11.0 Å². The number of furan rings is 1. The average molecular weight is 1640 g/mol. The van der Waals surface area contributed by atoms with Crippen LogP contribution in [0.25, 0.3) is 131 Å². The topological polar surface area (TPSA) is 28.7 Å². The third-order valence-electron chi connectivity index (χ3n) is 30.5. The summed E-state index contributed by atoms with van der Waals surface area (Å²) < 4.78 is 16.2. The minimum atomic E-state index is 0.0134. The maximum Gasteiger partial charge on any atom is 0.220 e. The minimum Gasteiger partial charge on any atom is -0.464 e. The number of hydrogen-bond acceptors (Lipinski definition) is 2. The first-order valence-corrected chi connectivity index (χ1v) is 47.2. The van der Waals surface area contributed by atoms with Crippen molar-refractivity contribution in [2.45, 2.75) is 229 Å². The lowest BCUT2D eigenvalue weighted by atomic mass is 9.71. The molecule has 0 bridgehead atoms. The summed E-state index contributed by atoms with van der Waals surface area (Å²) in [5.74, 6) is 2.83. The number of nitrogens with zero attached hydrogens (tertiary/aromatic N) is 4. The predicted molar refractivity (Wildman–Crippen MR) is 521 cm³/mol. The molecule has 123 heavy (non-hydrogen) atoms. The second-order valence-corrected chi connectivity index (χ2v) is 42.8. The Labute approximate surface area is 736 Å². The fourth-order valence-corrected chi connectivity index (χ4v) is 23.1. The van der Waals surface area contributed by atoms with Crippen LogP contribution >= 0.6 is 11.3 Å². The van der Waals surface area contributed by atoms with Crippen LogP contribution in [0.1, 0.15) is 251 Å². The van der Waals surface area contributed by atoms with E-state index in [0.29, 0.717) is 45.3 Å². The molecule has 0 spiro atoms. The Balaban J connectivity index is 0.000000112. The first-order chi connectivity index (χ1) is 58.9. The number of thiophene rings is 1. The summed E-state index contributed by atoms with van der Waals surface area (Å²) in [6.45, 7) is 33.0. The molecule has 6 heterocycles. The first kappa shape index (κ1) is 83.5. The van der Waals surface area contributed by atoms with Crippen molar-refractivity contribution < 1.29 is 22.7 Å². The number of pyridine rings is 4. The van der Waals surface area contributed by atoms with E-state index in [2.05, 4.69) is 374 Å². The quantitative estimate of drug-likeness (QED) is 0.139. The Morgan fingerprint density at radius 2 is 0.626 bits per heavy atom. The van der Waals surface area contributed by atoms with E-state index in [-0.39, 0.29) is 5.41 Å². The molecule has 0 saturated heterocycles. The molecule has 4 fully saturated rings. The molecule has 0 atom stereocenters. The van der Waals surface area contributed by atoms with E-state index < -0.39 is 0 Å². The summed E-state index contributed by atoms with van der Waals surface area (Å²) in [4.78, 5) is 0. The molecule has 10 aromatic carbocycles. The number of fused-ring (bicyclic) bond motifs is 10. The molecule has 6 aromatic heterocycles. The van der Waals surface area contributed by atoms with Gasteiger partial charge in [-0.25, -0.2) is 18.3 Å². The summed E-state index contributed by atoms with van der Waals surface area (Å²) in [6.07, 6.45) is 31.8. The van der Waals surface area contributed by atoms with Crippen molar-refractivity contribution in [3.8, 4) is 56.2 Å². The van der Waals surface area contributed by atoms with Crippen molar-refractivity contribution in [3.05, 3.63) is 298 Å². The molecule has 4 saturated carbocycles. The lowest BCUT2D eigenvalue weighted by Gasteiger charge is -2.34. The minimum absolute atomic E-state index is 0.0134. The summed E-state index contributed by atoms with van der Waals surface area (Å²) in [5, 5.41) is 18.1. The zero-order valence-corrected chi connectivity index (χ0v) is 77.6. The van der Waals surface area contributed by atoms with Gasteiger partial charge in [-0.05, 0) is 358 Å². The summed E-state index contributed by atoms with van der Waals surface area (Å²) in [7, 11) is 8.67. The highest BCUT2D eigenvalue weighted by Crippen LogP contribution is 2.53. The molecule has 0 radical (unpaired) electrons. The van der Waals surface area contributed by atoms with Gasteiger partial charge in [0.05, 0.1) is 50.1 Å². The highest BCUT2D eigenvalue weighted by molar-refractivity contribution is 7.17. The normalized spacial score (nSPS) is 17.5. The van der Waals surface area contributed by atoms with Crippen molar-refractivity contribution >= 4 is 86.3 Å². The molecule has 5 aliphatic carbocycles. The van der Waals surface area contributed by atoms with E-state index in [4.69, 9.17) is 4.42 Å². The van der Waals surface area contributed by atoms with Crippen LogP contribution in [0.4, 0.5) is 0 Å². The van der Waals surface area contributed by atoms with Crippen molar-refractivity contribution in [3.63, 3.8) is 0 Å². The van der Waals surface area contributed by atoms with Gasteiger partial charge in [0.1, 0.15) is 33.8 Å². The van der Waals surface area contributed by atoms with Crippen molar-refractivity contribution in [2.24, 2.45) is 49.9 Å². The number of aryl methyl sites for hydroxylation is 8. The number of hydrogen-bond donors (Lipinski definition) is 0. The SMILES string of the molecule is Cc1cc2c(cc1-c1c3ccc(C4CCC(C)(C)CC4)cc3cc[n+]1C)C(C)(C)c1ccccc1-2.Cc1cc2ccccc2cc1-c1c2ccc(C3CCC(C)(C)CC3)cc2cc[n+]1C.Cc1cc2ccoc2cc1-c1c2ccc(C3CCC(C)(C)CC3)cc2cc[n+]1C.Cc1cc2ccsc2cc1-c1c2ccc(C3CCC(C)(C)CC3)cc2cc[n+]1C. The van der Waals surface area contributed by atoms with Gasteiger partial charge in [-0.1, -0.05) is 178 Å². The van der Waals surface area contributed by atoms with Crippen LogP contribution in [-0.2, 0) is 33.6 Å². The molecular weight excluding hydrogens is 1510 g/mol. The van der Waals surface area contributed by atoms with Gasteiger partial charge in [0.15, 0.2) is 24.8 Å². The smallest absolute Gasteiger partial charge is 0.220 e. The molecule has 5 nitrogen and oxygen atoms in total. The molecule has 21 rings (SSSR count). The molecule has 0 amide bonds. The molecule has 0 unspecified atom stereocenters. The maximum absolute atomic E-state index is 5.69. The standard InChI is InChI=1S/C34H38N.C29H32N.C27H30NO.C27H30NS/c1-22-19-29-27-9-7-8-10-30(27)34(4,5)31(29)21-28(22)32-26-12-11-24(20-25(26)15-18-35(32)6)23-13-16-33(2,3)17-14-23;1-20-17-22-7-5-6-8-23(22)19-27(20)28-26-10-9-24(18-25(26)13-16-30(28)4)21-11-14-29(2,3)15-12-21;2*1-18-15-22-10-14-29-25(22)17-24(18)26-23-6-5-20(16-21(23)9-13-28(26)4)19-7-11-27(2,3)12-8-19/h7-12,15,18-21,23H,13-14,16-17H2,1-6H3;5-10,13,16-19,21H,11-12,14-15H2,1-4H3;2*5-6,9-10,13-17,19H,7-8,11-12H2,1-4H3/q4*+1. The molecule has 5 aliphatic rings. The lowest BCUT2D eigenvalue weighted by Crippen LogP contribution is -2.31. The third-order valence-corrected chi connectivity index (χ3v) is 31.4. The van der Waals surface area contributed by atoms with Gasteiger partial charge in [0.25, 0.3) is 0 Å². The van der Waals surface area contributed by atoms with E-state index in [1.807, 2.05) is 17.4 Å². The Morgan fingerprint density at radius 3 is 1.04 bits per heavy atom. The van der Waals surface area contributed by atoms with Gasteiger partial charge in [0.2, 0.25) is 22.8 Å². The van der Waals surface area contributed by atoms with Gasteiger partial charge < -0.3 is 4.42 Å². The van der Waals surface area contributed by atoms with Crippen LogP contribution < -0.4 is 18.3 Å². The molecular formula is C117H130N4OS+4. The number of rotatable bonds is 8. The highest BCUT2D eigenvalue weighted by atomic mass is 32.1. The van der Waals surface area contributed by atoms with E-state index in [9.17, 15) is 0 Å². The Morgan fingerprint density at radius 1 is 0.285 bits per heavy atom. The van der Waals surface area contributed by atoms with Crippen LogP contribution in [-0.4, -0.2) is 0 Å². The van der Waals surface area contributed by atoms with Gasteiger partial charge in [-0.15, -0.1) is 11.3 Å². The third kappa shape index (κ3) is 16.7. The second-order valence-electron chi connectivity index (χ2n) is 41.9. The molecule has 0 aliphatic heterocycles. The number of benzene rings is 10. The largest absolute Gasteiger partial charge is 0.464 e. The lowest BCUT2D eigenvalue weighted by molar-refractivity contribution is -0.659. The van der Waals surface area contributed by atoms with Crippen molar-refractivity contribution in [1.29, 1.82) is 0 Å². The Kier molecular flexibility index (Phi) is 22.4. The van der Waals surface area contributed by atoms with Crippen molar-refractivity contribution in [2.75, 3.05) is 0 Å². The van der Waals surface area contributed by atoms with Crippen LogP contribution in [0.2, 0.25) is 0 Å². The van der Waals surface area contributed by atoms with E-state index in [1.54, 1.807) is 6.26 Å². The fraction of sp³-hybridized carbons (Fsp3) is 0.368. The summed E-state index contributed by atoms with van der Waals surface area (Å²) >= 11 is 1.83. The predicted octanol–water partition coefficient (Wildman–Crippen LogP) is 30.7. The van der Waals surface area contributed by atoms with Crippen LogP contribution in [0.15, 0.2) is 247 Å². The van der Waals surface area contributed by atoms with Crippen LogP contribution in [0, 0.1) is 49.4 Å². The van der Waals surface area contributed by atoms with Crippen LogP contribution in [0.3, 0.4) is 0 Å². The first-order valence-electron chi connectivity index (χ1n) is 46.3.